The van der Waals surface area contributed by atoms with Crippen LogP contribution in [0.2, 0.25) is 0 Å². The van der Waals surface area contributed by atoms with E-state index < -0.39 is 5.97 Å². The molecule has 3 N–H and O–H groups in total. The highest BCUT2D eigenvalue weighted by Crippen LogP contribution is 2.09. The first-order chi connectivity index (χ1) is 8.61. The van der Waals surface area contributed by atoms with Gasteiger partial charge in [-0.1, -0.05) is 19.1 Å². The van der Waals surface area contributed by atoms with Crippen molar-refractivity contribution in [2.45, 2.75) is 19.8 Å². The van der Waals surface area contributed by atoms with Crippen LogP contribution in [0, 0.1) is 0 Å². The van der Waals surface area contributed by atoms with Crippen LogP contribution < -0.4 is 10.6 Å². The number of anilines is 1. The zero-order valence-electron chi connectivity index (χ0n) is 10.4. The van der Waals surface area contributed by atoms with Crippen LogP contribution in [0.3, 0.4) is 0 Å². The van der Waals surface area contributed by atoms with E-state index >= 15 is 0 Å². The minimum Gasteiger partial charge on any atom is -0.481 e. The monoisotopic (exact) mass is 250 g/mol. The summed E-state index contributed by atoms with van der Waals surface area (Å²) >= 11 is 0. The highest BCUT2D eigenvalue weighted by atomic mass is 16.4. The molecule has 5 nitrogen and oxygen atoms in total. The van der Waals surface area contributed by atoms with Crippen LogP contribution in [0.5, 0.6) is 0 Å². The second kappa shape index (κ2) is 7.45. The molecule has 1 amide bonds. The Morgan fingerprint density at radius 1 is 1.22 bits per heavy atom. The molecule has 5 heteroatoms. The Hall–Kier alpha value is -1.88. The van der Waals surface area contributed by atoms with Gasteiger partial charge in [0.15, 0.2) is 0 Å². The summed E-state index contributed by atoms with van der Waals surface area (Å²) in [6, 6.07) is 6.80. The Morgan fingerprint density at radius 3 is 2.44 bits per heavy atom. The van der Waals surface area contributed by atoms with Crippen LogP contribution >= 0.6 is 0 Å². The molecule has 0 atom stereocenters. The number of carboxylic acid groups (broad SMARTS) is 1. The molecule has 0 bridgehead atoms. The van der Waals surface area contributed by atoms with Gasteiger partial charge in [0.25, 0.3) is 0 Å². The first kappa shape index (κ1) is 14.2. The van der Waals surface area contributed by atoms with Gasteiger partial charge >= 0.3 is 5.97 Å². The second-order valence-corrected chi connectivity index (χ2v) is 3.99. The molecule has 0 saturated heterocycles. The predicted molar refractivity (Wildman–Crippen MR) is 69.6 cm³/mol. The zero-order valence-corrected chi connectivity index (χ0v) is 10.4. The molecule has 18 heavy (non-hydrogen) atoms. The molecule has 1 aromatic rings. The van der Waals surface area contributed by atoms with E-state index in [0.717, 1.165) is 13.0 Å². The summed E-state index contributed by atoms with van der Waals surface area (Å²) in [4.78, 5) is 22.0. The third-order valence-corrected chi connectivity index (χ3v) is 2.31. The number of carboxylic acids is 1. The number of aliphatic carboxylic acids is 1. The maximum absolute atomic E-state index is 11.5. The van der Waals surface area contributed by atoms with E-state index in [9.17, 15) is 9.59 Å². The molecular formula is C13H18N2O3. The number of benzene rings is 1. The first-order valence-corrected chi connectivity index (χ1v) is 5.93. The zero-order chi connectivity index (χ0) is 13.4. The summed E-state index contributed by atoms with van der Waals surface area (Å²) in [5.74, 6) is -0.968. The van der Waals surface area contributed by atoms with Gasteiger partial charge in [-0.3, -0.25) is 9.59 Å². The Balaban J connectivity index is 2.43. The quantitative estimate of drug-likeness (QED) is 0.636. The number of rotatable bonds is 7. The summed E-state index contributed by atoms with van der Waals surface area (Å²) in [6.45, 7) is 3.13. The fraction of sp³-hybridized carbons (Fsp3) is 0.385. The van der Waals surface area contributed by atoms with Crippen LogP contribution in [0.4, 0.5) is 5.69 Å². The molecule has 0 aliphatic rings. The van der Waals surface area contributed by atoms with E-state index in [0.29, 0.717) is 11.3 Å². The average molecular weight is 250 g/mol. The lowest BCUT2D eigenvalue weighted by Crippen LogP contribution is -2.28. The highest BCUT2D eigenvalue weighted by molar-refractivity contribution is 5.92. The fourth-order valence-corrected chi connectivity index (χ4v) is 1.46. The third kappa shape index (κ3) is 5.45. The maximum Gasteiger partial charge on any atom is 0.307 e. The van der Waals surface area contributed by atoms with Crippen molar-refractivity contribution in [2.24, 2.45) is 0 Å². The molecule has 1 aromatic carbocycles. The lowest BCUT2D eigenvalue weighted by atomic mass is 10.1. The number of hydrogen-bond donors (Lipinski definition) is 3. The van der Waals surface area contributed by atoms with Crippen molar-refractivity contribution in [3.8, 4) is 0 Å². The van der Waals surface area contributed by atoms with E-state index in [1.807, 2.05) is 6.92 Å². The lowest BCUT2D eigenvalue weighted by Gasteiger charge is -2.06. The van der Waals surface area contributed by atoms with Gasteiger partial charge in [0, 0.05) is 5.69 Å². The van der Waals surface area contributed by atoms with E-state index in [2.05, 4.69) is 10.6 Å². The molecule has 0 aromatic heterocycles. The third-order valence-electron chi connectivity index (χ3n) is 2.31. The molecule has 0 heterocycles. The molecule has 0 aliphatic carbocycles. The van der Waals surface area contributed by atoms with Gasteiger partial charge in [-0.05, 0) is 30.7 Å². The number of hydrogen-bond acceptors (Lipinski definition) is 3. The molecule has 1 rings (SSSR count). The smallest absolute Gasteiger partial charge is 0.307 e. The molecule has 0 aliphatic heterocycles. The summed E-state index contributed by atoms with van der Waals surface area (Å²) in [7, 11) is 0. The number of amides is 1. The first-order valence-electron chi connectivity index (χ1n) is 5.93. The lowest BCUT2D eigenvalue weighted by molar-refractivity contribution is -0.136. The van der Waals surface area contributed by atoms with E-state index in [1.165, 1.54) is 0 Å². The van der Waals surface area contributed by atoms with Crippen LogP contribution in [0.15, 0.2) is 24.3 Å². The van der Waals surface area contributed by atoms with Gasteiger partial charge in [0.2, 0.25) is 5.91 Å². The van der Waals surface area contributed by atoms with Crippen molar-refractivity contribution in [2.75, 3.05) is 18.4 Å². The molecule has 98 valence electrons. The van der Waals surface area contributed by atoms with E-state index in [-0.39, 0.29) is 18.9 Å². The van der Waals surface area contributed by atoms with Crippen LogP contribution in [0.1, 0.15) is 18.9 Å². The molecule has 0 saturated carbocycles. The average Bonchev–Trinajstić information content (AvgIpc) is 2.31. The minimum absolute atomic E-state index is 0.00766. The normalized spacial score (nSPS) is 10.1. The SMILES string of the molecule is CCCNCC(=O)Nc1ccc(CC(=O)O)cc1. The van der Waals surface area contributed by atoms with Crippen molar-refractivity contribution < 1.29 is 14.7 Å². The number of carbonyl (C=O) groups is 2. The van der Waals surface area contributed by atoms with Crippen LogP contribution in [0.25, 0.3) is 0 Å². The van der Waals surface area contributed by atoms with Crippen LogP contribution in [-0.2, 0) is 16.0 Å². The molecular weight excluding hydrogens is 232 g/mol. The summed E-state index contributed by atoms with van der Waals surface area (Å²) < 4.78 is 0. The highest BCUT2D eigenvalue weighted by Gasteiger charge is 2.03. The number of carbonyl (C=O) groups excluding carboxylic acids is 1. The van der Waals surface area contributed by atoms with Crippen LogP contribution in [-0.4, -0.2) is 30.1 Å². The van der Waals surface area contributed by atoms with Crippen molar-refractivity contribution in [1.82, 2.24) is 5.32 Å². The van der Waals surface area contributed by atoms with Gasteiger partial charge in [-0.15, -0.1) is 0 Å². The molecule has 0 spiro atoms. The minimum atomic E-state index is -0.865. The Morgan fingerprint density at radius 2 is 1.89 bits per heavy atom. The maximum atomic E-state index is 11.5. The van der Waals surface area contributed by atoms with Gasteiger partial charge in [-0.2, -0.15) is 0 Å². The molecule has 0 radical (unpaired) electrons. The largest absolute Gasteiger partial charge is 0.481 e. The second-order valence-electron chi connectivity index (χ2n) is 3.99. The summed E-state index contributed by atoms with van der Waals surface area (Å²) in [5, 5.41) is 14.4. The fourth-order valence-electron chi connectivity index (χ4n) is 1.46. The molecule has 0 fully saturated rings. The van der Waals surface area contributed by atoms with Crippen molar-refractivity contribution >= 4 is 17.6 Å². The van der Waals surface area contributed by atoms with Crippen molar-refractivity contribution in [1.29, 1.82) is 0 Å². The van der Waals surface area contributed by atoms with Crippen molar-refractivity contribution in [3.05, 3.63) is 29.8 Å². The number of nitrogens with one attached hydrogen (secondary N) is 2. The van der Waals surface area contributed by atoms with E-state index in [4.69, 9.17) is 5.11 Å². The predicted octanol–water partition coefficient (Wildman–Crippen LogP) is 1.25. The van der Waals surface area contributed by atoms with Gasteiger partial charge in [0.1, 0.15) is 0 Å². The Kier molecular flexibility index (Phi) is 5.87. The Labute approximate surface area is 106 Å². The van der Waals surface area contributed by atoms with E-state index in [1.54, 1.807) is 24.3 Å². The Bertz CT molecular complexity index is 401. The summed E-state index contributed by atoms with van der Waals surface area (Å²) in [6.07, 6.45) is 0.976. The van der Waals surface area contributed by atoms with Crippen molar-refractivity contribution in [3.63, 3.8) is 0 Å². The summed E-state index contributed by atoms with van der Waals surface area (Å²) in [5.41, 5.74) is 1.39. The van der Waals surface area contributed by atoms with Gasteiger partial charge < -0.3 is 15.7 Å². The standard InChI is InChI=1S/C13H18N2O3/c1-2-7-14-9-12(16)15-11-5-3-10(4-6-11)8-13(17)18/h3-6,14H,2,7-9H2,1H3,(H,15,16)(H,17,18). The van der Waals surface area contributed by atoms with Gasteiger partial charge in [-0.25, -0.2) is 0 Å². The molecule has 0 unspecified atom stereocenters. The topological polar surface area (TPSA) is 78.4 Å². The van der Waals surface area contributed by atoms with Gasteiger partial charge in [0.05, 0.1) is 13.0 Å².